The molecule has 4 aromatic rings. The zero-order chi connectivity index (χ0) is 18.3. The van der Waals surface area contributed by atoms with Crippen molar-refractivity contribution in [3.8, 4) is 22.9 Å². The minimum absolute atomic E-state index is 0.874. The third-order valence-corrected chi connectivity index (χ3v) is 4.77. The lowest BCUT2D eigenvalue weighted by molar-refractivity contribution is 0.922. The summed E-state index contributed by atoms with van der Waals surface area (Å²) in [5.74, 6) is 0.919. The van der Waals surface area contributed by atoms with Crippen molar-refractivity contribution in [2.75, 3.05) is 0 Å². The summed E-state index contributed by atoms with van der Waals surface area (Å²) in [6, 6.07) is 18.7. The molecule has 130 valence electrons. The van der Waals surface area contributed by atoms with Crippen molar-refractivity contribution >= 4 is 0 Å². The van der Waals surface area contributed by atoms with Crippen molar-refractivity contribution in [2.24, 2.45) is 0 Å². The molecule has 4 nitrogen and oxygen atoms in total. The molecule has 0 N–H and O–H groups in total. The summed E-state index contributed by atoms with van der Waals surface area (Å²) in [7, 11) is 0. The summed E-state index contributed by atoms with van der Waals surface area (Å²) in [6.45, 7) is 8.42. The molecular weight excluding hydrogens is 320 g/mol. The van der Waals surface area contributed by atoms with Crippen molar-refractivity contribution < 1.29 is 0 Å². The quantitative estimate of drug-likeness (QED) is 0.527. The second-order valence-electron chi connectivity index (χ2n) is 6.68. The van der Waals surface area contributed by atoms with Crippen LogP contribution in [-0.4, -0.2) is 19.1 Å². The predicted octanol–water partition coefficient (Wildman–Crippen LogP) is 4.96. The molecule has 0 aromatic carbocycles. The normalized spacial score (nSPS) is 11.1. The van der Waals surface area contributed by atoms with E-state index in [0.29, 0.717) is 0 Å². The molecule has 0 spiro atoms. The number of hydrogen-bond acceptors (Lipinski definition) is 2. The second kappa shape index (κ2) is 6.30. The van der Waals surface area contributed by atoms with Gasteiger partial charge in [-0.2, -0.15) is 0 Å². The molecule has 4 heteroatoms. The van der Waals surface area contributed by atoms with Crippen LogP contribution in [0.25, 0.3) is 22.9 Å². The van der Waals surface area contributed by atoms with Crippen LogP contribution in [0, 0.1) is 27.7 Å². The molecule has 4 aromatic heterocycles. The van der Waals surface area contributed by atoms with Crippen LogP contribution in [0.1, 0.15) is 22.8 Å². The van der Waals surface area contributed by atoms with Gasteiger partial charge in [0, 0.05) is 34.7 Å². The van der Waals surface area contributed by atoms with Gasteiger partial charge in [0.2, 0.25) is 0 Å². The average Bonchev–Trinajstić information content (AvgIpc) is 3.16. The molecule has 4 heterocycles. The average molecular weight is 342 g/mol. The minimum Gasteiger partial charge on any atom is -0.318 e. The van der Waals surface area contributed by atoms with E-state index >= 15 is 0 Å². The maximum absolute atomic E-state index is 4.87. The molecule has 4 rings (SSSR count). The molecule has 0 saturated carbocycles. The van der Waals surface area contributed by atoms with Crippen LogP contribution in [0.2, 0.25) is 0 Å². The molecule has 0 amide bonds. The molecule has 0 atom stereocenters. The Bertz CT molecular complexity index is 958. The van der Waals surface area contributed by atoms with Gasteiger partial charge in [-0.25, -0.2) is 4.98 Å². The van der Waals surface area contributed by atoms with Gasteiger partial charge < -0.3 is 9.13 Å². The monoisotopic (exact) mass is 342 g/mol. The van der Waals surface area contributed by atoms with Gasteiger partial charge in [-0.15, -0.1) is 0 Å². The summed E-state index contributed by atoms with van der Waals surface area (Å²) in [4.78, 5) is 9.43. The Kier molecular flexibility index (Phi) is 3.96. The maximum atomic E-state index is 4.87. The summed E-state index contributed by atoms with van der Waals surface area (Å²) in [6.07, 6.45) is 1.85. The topological polar surface area (TPSA) is 35.6 Å². The van der Waals surface area contributed by atoms with Crippen LogP contribution in [-0.2, 0) is 0 Å². The first-order valence-electron chi connectivity index (χ1n) is 8.79. The van der Waals surface area contributed by atoms with Crippen molar-refractivity contribution in [3.05, 3.63) is 83.6 Å². The van der Waals surface area contributed by atoms with Gasteiger partial charge in [-0.05, 0) is 76.2 Å². The molecule has 26 heavy (non-hydrogen) atoms. The van der Waals surface area contributed by atoms with Crippen LogP contribution in [0.15, 0.2) is 60.8 Å². The smallest absolute Gasteiger partial charge is 0.137 e. The first-order chi connectivity index (χ1) is 12.5. The number of hydrogen-bond donors (Lipinski definition) is 0. The second-order valence-corrected chi connectivity index (χ2v) is 6.68. The molecule has 0 fully saturated rings. The fraction of sp³-hybridized carbons (Fsp3) is 0.182. The number of aromatic nitrogens is 4. The standard InChI is InChI=1S/C22H22N4/c1-15-8-9-16(2)25(15)19-12-13-23-21(14-19)20-6-5-7-22(24-20)26-17(3)10-11-18(26)4/h5-14H,1-4H3. The molecule has 0 aliphatic rings. The maximum Gasteiger partial charge on any atom is 0.137 e. The van der Waals surface area contributed by atoms with E-state index in [-0.39, 0.29) is 0 Å². The first kappa shape index (κ1) is 16.3. The van der Waals surface area contributed by atoms with Crippen molar-refractivity contribution in [3.63, 3.8) is 0 Å². The van der Waals surface area contributed by atoms with E-state index in [4.69, 9.17) is 4.98 Å². The van der Waals surface area contributed by atoms with Gasteiger partial charge in [0.15, 0.2) is 0 Å². The van der Waals surface area contributed by atoms with E-state index < -0.39 is 0 Å². The number of aryl methyl sites for hydroxylation is 4. The molecule has 0 aliphatic carbocycles. The van der Waals surface area contributed by atoms with Gasteiger partial charge in [-0.1, -0.05) is 6.07 Å². The van der Waals surface area contributed by atoms with E-state index in [2.05, 4.69) is 72.1 Å². The summed E-state index contributed by atoms with van der Waals surface area (Å²) >= 11 is 0. The van der Waals surface area contributed by atoms with Gasteiger partial charge in [0.05, 0.1) is 11.4 Å². The third-order valence-electron chi connectivity index (χ3n) is 4.77. The molecular formula is C22H22N4. The highest BCUT2D eigenvalue weighted by molar-refractivity contribution is 5.59. The lowest BCUT2D eigenvalue weighted by Gasteiger charge is -2.12. The molecule has 0 saturated heterocycles. The van der Waals surface area contributed by atoms with E-state index in [1.807, 2.05) is 30.5 Å². The van der Waals surface area contributed by atoms with Crippen LogP contribution in [0.4, 0.5) is 0 Å². The van der Waals surface area contributed by atoms with Gasteiger partial charge >= 0.3 is 0 Å². The minimum atomic E-state index is 0.874. The van der Waals surface area contributed by atoms with Crippen molar-refractivity contribution in [1.82, 2.24) is 19.1 Å². The molecule has 0 aliphatic heterocycles. The fourth-order valence-corrected chi connectivity index (χ4v) is 3.49. The molecule has 0 unspecified atom stereocenters. The largest absolute Gasteiger partial charge is 0.318 e. The zero-order valence-electron chi connectivity index (χ0n) is 15.6. The Morgan fingerprint density at radius 3 is 1.92 bits per heavy atom. The third kappa shape index (κ3) is 2.73. The zero-order valence-corrected chi connectivity index (χ0v) is 15.6. The van der Waals surface area contributed by atoms with E-state index in [0.717, 1.165) is 22.9 Å². The fourth-order valence-electron chi connectivity index (χ4n) is 3.49. The Hall–Kier alpha value is -3.14. The lowest BCUT2D eigenvalue weighted by Crippen LogP contribution is -2.03. The Morgan fingerprint density at radius 1 is 0.654 bits per heavy atom. The van der Waals surface area contributed by atoms with Crippen LogP contribution < -0.4 is 0 Å². The Balaban J connectivity index is 1.80. The molecule has 0 bridgehead atoms. The van der Waals surface area contributed by atoms with Gasteiger partial charge in [0.1, 0.15) is 5.82 Å². The summed E-state index contributed by atoms with van der Waals surface area (Å²) in [5.41, 5.74) is 7.62. The van der Waals surface area contributed by atoms with Gasteiger partial charge in [-0.3, -0.25) is 4.98 Å². The number of rotatable bonds is 3. The Morgan fingerprint density at radius 2 is 1.27 bits per heavy atom. The SMILES string of the molecule is Cc1ccc(C)n1-c1ccnc(-c2cccc(-n3c(C)ccc3C)n2)c1. The van der Waals surface area contributed by atoms with Crippen molar-refractivity contribution in [1.29, 1.82) is 0 Å². The van der Waals surface area contributed by atoms with Crippen LogP contribution >= 0.6 is 0 Å². The van der Waals surface area contributed by atoms with E-state index in [1.165, 1.54) is 22.8 Å². The predicted molar refractivity (Wildman–Crippen MR) is 105 cm³/mol. The number of nitrogens with zero attached hydrogens (tertiary/aromatic N) is 4. The van der Waals surface area contributed by atoms with E-state index in [9.17, 15) is 0 Å². The Labute approximate surface area is 153 Å². The molecule has 0 radical (unpaired) electrons. The highest BCUT2D eigenvalue weighted by Crippen LogP contribution is 2.23. The van der Waals surface area contributed by atoms with Crippen LogP contribution in [0.5, 0.6) is 0 Å². The van der Waals surface area contributed by atoms with Crippen LogP contribution in [0.3, 0.4) is 0 Å². The summed E-state index contributed by atoms with van der Waals surface area (Å²) in [5, 5.41) is 0. The summed E-state index contributed by atoms with van der Waals surface area (Å²) < 4.78 is 4.39. The highest BCUT2D eigenvalue weighted by Gasteiger charge is 2.10. The number of pyridine rings is 2. The van der Waals surface area contributed by atoms with Crippen molar-refractivity contribution in [2.45, 2.75) is 27.7 Å². The first-order valence-corrected chi connectivity index (χ1v) is 8.79. The lowest BCUT2D eigenvalue weighted by atomic mass is 10.2. The highest BCUT2D eigenvalue weighted by atomic mass is 15.1. The van der Waals surface area contributed by atoms with E-state index in [1.54, 1.807) is 0 Å². The van der Waals surface area contributed by atoms with Gasteiger partial charge in [0.25, 0.3) is 0 Å².